The van der Waals surface area contributed by atoms with Crippen LogP contribution in [0.2, 0.25) is 5.02 Å². The first-order valence-electron chi connectivity index (χ1n) is 4.10. The van der Waals surface area contributed by atoms with Crippen LogP contribution >= 0.6 is 11.6 Å². The van der Waals surface area contributed by atoms with E-state index in [9.17, 15) is 0 Å². The summed E-state index contributed by atoms with van der Waals surface area (Å²) in [6.45, 7) is 0. The van der Waals surface area contributed by atoms with Gasteiger partial charge in [0.1, 0.15) is 0 Å². The fourth-order valence-corrected chi connectivity index (χ4v) is 1.000. The molecule has 0 radical (unpaired) electrons. The Morgan fingerprint density at radius 1 is 1.23 bits per heavy atom. The lowest BCUT2D eigenvalue weighted by atomic mass is 10.2. The molecule has 0 aliphatic carbocycles. The molecule has 0 atom stereocenters. The molecule has 0 saturated carbocycles. The molecule has 0 saturated heterocycles. The summed E-state index contributed by atoms with van der Waals surface area (Å²) >= 11 is 5.95. The van der Waals surface area contributed by atoms with Gasteiger partial charge in [0.05, 0.1) is 27.4 Å². The van der Waals surface area contributed by atoms with Gasteiger partial charge in [-0.15, -0.1) is 0 Å². The molecule has 0 amide bonds. The maximum Gasteiger partial charge on any atom is 0.0923 e. The summed E-state index contributed by atoms with van der Waals surface area (Å²) in [7, 11) is 5.98. The van der Waals surface area contributed by atoms with Crippen molar-refractivity contribution in [2.75, 3.05) is 21.1 Å². The van der Waals surface area contributed by atoms with Crippen molar-refractivity contribution in [1.82, 2.24) is 0 Å². The van der Waals surface area contributed by atoms with E-state index in [4.69, 9.17) is 11.6 Å². The van der Waals surface area contributed by atoms with Crippen LogP contribution in [0.4, 0.5) is 0 Å². The Morgan fingerprint density at radius 3 is 2.38 bits per heavy atom. The number of benzene rings is 1. The molecule has 1 rings (SSSR count). The zero-order valence-electron chi connectivity index (χ0n) is 8.16. The summed E-state index contributed by atoms with van der Waals surface area (Å²) in [6, 6.07) is 7.66. The molecule has 0 bridgehead atoms. The largest absolute Gasteiger partial charge is 0.205 e. The van der Waals surface area contributed by atoms with E-state index >= 15 is 0 Å². The Bertz CT molecular complexity index is 313. The van der Waals surface area contributed by atoms with Gasteiger partial charge < -0.3 is 0 Å². The van der Waals surface area contributed by atoms with Gasteiger partial charge >= 0.3 is 0 Å². The van der Waals surface area contributed by atoms with Crippen molar-refractivity contribution in [3.63, 3.8) is 0 Å². The van der Waals surface area contributed by atoms with Crippen molar-refractivity contribution in [1.29, 1.82) is 0 Å². The first-order chi connectivity index (χ1) is 5.99. The van der Waals surface area contributed by atoms with E-state index in [-0.39, 0.29) is 0 Å². The standard InChI is InChI=1S/C10H14ClN2/c1-13(2,3)12-8-9-6-4-5-7-10(9)11/h4-8H,1-3H3/q+1/b12-8+. The van der Waals surface area contributed by atoms with Crippen LogP contribution in [0.3, 0.4) is 0 Å². The van der Waals surface area contributed by atoms with Crippen molar-refractivity contribution in [3.8, 4) is 0 Å². The van der Waals surface area contributed by atoms with Crippen LogP contribution in [0.25, 0.3) is 0 Å². The number of hydrogen-bond acceptors (Lipinski definition) is 1. The lowest BCUT2D eigenvalue weighted by molar-refractivity contribution is -0.876. The zero-order valence-corrected chi connectivity index (χ0v) is 8.92. The Morgan fingerprint density at radius 2 is 1.85 bits per heavy atom. The molecule has 0 aliphatic rings. The van der Waals surface area contributed by atoms with Crippen LogP contribution < -0.4 is 0 Å². The lowest BCUT2D eigenvalue weighted by Gasteiger charge is -2.14. The Kier molecular flexibility index (Phi) is 3.07. The molecule has 1 aromatic rings. The normalized spacial score (nSPS) is 12.3. The van der Waals surface area contributed by atoms with Gasteiger partial charge in [0.15, 0.2) is 0 Å². The van der Waals surface area contributed by atoms with E-state index in [0.29, 0.717) is 4.59 Å². The van der Waals surface area contributed by atoms with E-state index in [2.05, 4.69) is 5.10 Å². The highest BCUT2D eigenvalue weighted by Crippen LogP contribution is 2.12. The topological polar surface area (TPSA) is 12.4 Å². The van der Waals surface area contributed by atoms with Gasteiger partial charge in [-0.1, -0.05) is 34.9 Å². The summed E-state index contributed by atoms with van der Waals surface area (Å²) < 4.78 is 0.547. The van der Waals surface area contributed by atoms with Crippen LogP contribution in [0.15, 0.2) is 29.4 Å². The highest BCUT2D eigenvalue weighted by atomic mass is 35.5. The second-order valence-electron chi connectivity index (χ2n) is 3.71. The fourth-order valence-electron chi connectivity index (χ4n) is 0.815. The molecular formula is C10H14ClN2+. The molecule has 3 heteroatoms. The molecule has 0 aromatic heterocycles. The maximum atomic E-state index is 5.95. The number of quaternary nitrogens is 1. The SMILES string of the molecule is C[N+](C)(C)/N=C/c1ccccc1Cl. The van der Waals surface area contributed by atoms with Gasteiger partial charge in [0.25, 0.3) is 0 Å². The second kappa shape index (κ2) is 3.90. The zero-order chi connectivity index (χ0) is 9.90. The smallest absolute Gasteiger partial charge is 0.0923 e. The first-order valence-corrected chi connectivity index (χ1v) is 4.48. The molecule has 0 spiro atoms. The predicted octanol–water partition coefficient (Wildman–Crippen LogP) is 2.38. The van der Waals surface area contributed by atoms with Crippen LogP contribution in [-0.2, 0) is 0 Å². The molecule has 0 heterocycles. The summed E-state index contributed by atoms with van der Waals surface area (Å²) in [5, 5.41) is 5.05. The lowest BCUT2D eigenvalue weighted by Crippen LogP contribution is -2.27. The van der Waals surface area contributed by atoms with Gasteiger partial charge in [-0.2, -0.15) is 0 Å². The minimum absolute atomic E-state index is 0.547. The molecule has 70 valence electrons. The van der Waals surface area contributed by atoms with E-state index in [0.717, 1.165) is 10.6 Å². The molecule has 1 aromatic carbocycles. The molecule has 0 aliphatic heterocycles. The monoisotopic (exact) mass is 197 g/mol. The van der Waals surface area contributed by atoms with E-state index in [1.54, 1.807) is 6.21 Å². The fraction of sp³-hybridized carbons (Fsp3) is 0.300. The number of halogens is 1. The van der Waals surface area contributed by atoms with Crippen LogP contribution in [-0.4, -0.2) is 31.9 Å². The van der Waals surface area contributed by atoms with Crippen LogP contribution in [0, 0.1) is 0 Å². The minimum atomic E-state index is 0.547. The third kappa shape index (κ3) is 3.57. The van der Waals surface area contributed by atoms with Crippen molar-refractivity contribution in [2.45, 2.75) is 0 Å². The van der Waals surface area contributed by atoms with E-state index in [1.807, 2.05) is 45.4 Å². The number of rotatable bonds is 2. The molecule has 0 N–H and O–H groups in total. The van der Waals surface area contributed by atoms with Crippen molar-refractivity contribution in [3.05, 3.63) is 34.9 Å². The Hall–Kier alpha value is -0.860. The molecular weight excluding hydrogens is 184 g/mol. The predicted molar refractivity (Wildman–Crippen MR) is 57.1 cm³/mol. The van der Waals surface area contributed by atoms with Gasteiger partial charge in [0, 0.05) is 10.6 Å². The average molecular weight is 198 g/mol. The molecule has 2 nitrogen and oxygen atoms in total. The Labute approximate surface area is 84.0 Å². The van der Waals surface area contributed by atoms with Gasteiger partial charge in [0.2, 0.25) is 0 Å². The van der Waals surface area contributed by atoms with Crippen LogP contribution in [0.1, 0.15) is 5.56 Å². The quantitative estimate of drug-likeness (QED) is 0.392. The summed E-state index contributed by atoms with van der Waals surface area (Å²) in [6.07, 6.45) is 1.79. The molecule has 0 fully saturated rings. The van der Waals surface area contributed by atoms with E-state index < -0.39 is 0 Å². The summed E-state index contributed by atoms with van der Waals surface area (Å²) in [5.41, 5.74) is 0.956. The summed E-state index contributed by atoms with van der Waals surface area (Å²) in [5.74, 6) is 0. The number of hydrogen-bond donors (Lipinski definition) is 0. The van der Waals surface area contributed by atoms with Gasteiger partial charge in [-0.25, -0.2) is 4.59 Å². The highest BCUT2D eigenvalue weighted by molar-refractivity contribution is 6.33. The maximum absolute atomic E-state index is 5.95. The van der Waals surface area contributed by atoms with Crippen molar-refractivity contribution < 1.29 is 4.59 Å². The number of nitrogens with zero attached hydrogens (tertiary/aromatic N) is 2. The second-order valence-corrected chi connectivity index (χ2v) is 4.11. The van der Waals surface area contributed by atoms with Crippen molar-refractivity contribution in [2.24, 2.45) is 5.10 Å². The third-order valence-corrected chi connectivity index (χ3v) is 1.79. The van der Waals surface area contributed by atoms with E-state index in [1.165, 1.54) is 0 Å². The Balaban J connectivity index is 2.86. The average Bonchev–Trinajstić information content (AvgIpc) is 2.01. The highest BCUT2D eigenvalue weighted by Gasteiger charge is 2.02. The summed E-state index contributed by atoms with van der Waals surface area (Å²) in [4.78, 5) is 0. The minimum Gasteiger partial charge on any atom is -0.205 e. The van der Waals surface area contributed by atoms with Crippen molar-refractivity contribution >= 4 is 17.8 Å². The molecule has 0 unspecified atom stereocenters. The first kappa shape index (κ1) is 10.2. The van der Waals surface area contributed by atoms with Gasteiger partial charge in [-0.05, 0) is 6.07 Å². The van der Waals surface area contributed by atoms with Gasteiger partial charge in [-0.3, -0.25) is 0 Å². The third-order valence-electron chi connectivity index (χ3n) is 1.45. The van der Waals surface area contributed by atoms with Crippen LogP contribution in [0.5, 0.6) is 0 Å². The molecule has 13 heavy (non-hydrogen) atoms.